The van der Waals surface area contributed by atoms with Crippen LogP contribution < -0.4 is 0 Å². The number of halogens is 2. The molecule has 0 bridgehead atoms. The number of carbonyl (C=O) groups excluding carboxylic acids is 1. The van der Waals surface area contributed by atoms with Crippen molar-refractivity contribution < 1.29 is 9.18 Å². The average Bonchev–Trinajstić information content (AvgIpc) is 2.19. The summed E-state index contributed by atoms with van der Waals surface area (Å²) < 4.78 is 12.8. The van der Waals surface area contributed by atoms with E-state index in [4.69, 9.17) is 0 Å². The highest BCUT2D eigenvalue weighted by molar-refractivity contribution is 9.09. The Morgan fingerprint density at radius 3 is 2.79 bits per heavy atom. The molecule has 0 heterocycles. The number of aldehydes is 1. The van der Waals surface area contributed by atoms with Crippen molar-refractivity contribution in [3.63, 3.8) is 0 Å². The second-order valence-corrected chi connectivity index (χ2v) is 3.56. The molecular weight excluding hydrogens is 247 g/mol. The van der Waals surface area contributed by atoms with Crippen LogP contribution in [0, 0.1) is 5.82 Å². The molecule has 0 unspecified atom stereocenters. The molecule has 1 aromatic carbocycles. The summed E-state index contributed by atoms with van der Waals surface area (Å²) >= 11 is 3.28. The van der Waals surface area contributed by atoms with E-state index in [1.54, 1.807) is 6.08 Å². The van der Waals surface area contributed by atoms with Crippen LogP contribution in [0.25, 0.3) is 6.08 Å². The Labute approximate surface area is 90.8 Å². The number of benzene rings is 1. The van der Waals surface area contributed by atoms with Gasteiger partial charge in [0.15, 0.2) is 6.29 Å². The SMILES string of the molecule is O=Cc1ccc(F)cc1C=CCCBr. The van der Waals surface area contributed by atoms with Crippen molar-refractivity contribution in [1.29, 1.82) is 0 Å². The number of carbonyl (C=O) groups is 1. The average molecular weight is 257 g/mol. The third kappa shape index (κ3) is 3.07. The molecule has 0 aliphatic rings. The van der Waals surface area contributed by atoms with E-state index in [9.17, 15) is 9.18 Å². The molecule has 0 fully saturated rings. The molecule has 74 valence electrons. The van der Waals surface area contributed by atoms with Gasteiger partial charge in [0, 0.05) is 10.9 Å². The van der Waals surface area contributed by atoms with Crippen molar-refractivity contribution in [3.8, 4) is 0 Å². The molecule has 0 amide bonds. The van der Waals surface area contributed by atoms with Gasteiger partial charge in [-0.15, -0.1) is 0 Å². The van der Waals surface area contributed by atoms with E-state index in [0.29, 0.717) is 11.1 Å². The smallest absolute Gasteiger partial charge is 0.150 e. The third-order valence-electron chi connectivity index (χ3n) is 1.75. The normalized spacial score (nSPS) is 10.7. The topological polar surface area (TPSA) is 17.1 Å². The first-order chi connectivity index (χ1) is 6.77. The number of hydrogen-bond donors (Lipinski definition) is 0. The summed E-state index contributed by atoms with van der Waals surface area (Å²) in [6.45, 7) is 0. The Morgan fingerprint density at radius 1 is 1.36 bits per heavy atom. The third-order valence-corrected chi connectivity index (χ3v) is 2.21. The number of hydrogen-bond acceptors (Lipinski definition) is 1. The molecule has 0 saturated heterocycles. The molecule has 0 spiro atoms. The van der Waals surface area contributed by atoms with Crippen molar-refractivity contribution in [1.82, 2.24) is 0 Å². The highest BCUT2D eigenvalue weighted by Gasteiger charge is 1.99. The fourth-order valence-corrected chi connectivity index (χ4v) is 1.33. The largest absolute Gasteiger partial charge is 0.298 e. The van der Waals surface area contributed by atoms with Crippen LogP contribution in [0.5, 0.6) is 0 Å². The lowest BCUT2D eigenvalue weighted by molar-refractivity contribution is 0.112. The van der Waals surface area contributed by atoms with Crippen molar-refractivity contribution >= 4 is 28.3 Å². The fourth-order valence-electron chi connectivity index (χ4n) is 1.07. The first-order valence-electron chi connectivity index (χ1n) is 4.25. The van der Waals surface area contributed by atoms with Crippen molar-refractivity contribution in [2.45, 2.75) is 6.42 Å². The summed E-state index contributed by atoms with van der Waals surface area (Å²) in [5.41, 5.74) is 1.14. The zero-order valence-electron chi connectivity index (χ0n) is 7.54. The number of allylic oxidation sites excluding steroid dienone is 1. The van der Waals surface area contributed by atoms with Gasteiger partial charge >= 0.3 is 0 Å². The molecule has 0 aromatic heterocycles. The first kappa shape index (κ1) is 11.1. The van der Waals surface area contributed by atoms with E-state index in [2.05, 4.69) is 15.9 Å². The maximum atomic E-state index is 12.8. The minimum atomic E-state index is -0.325. The van der Waals surface area contributed by atoms with Gasteiger partial charge in [0.2, 0.25) is 0 Å². The lowest BCUT2D eigenvalue weighted by Gasteiger charge is -1.98. The Hall–Kier alpha value is -0.960. The molecule has 0 N–H and O–H groups in total. The van der Waals surface area contributed by atoms with Gasteiger partial charge in [-0.3, -0.25) is 4.79 Å². The first-order valence-corrected chi connectivity index (χ1v) is 5.37. The lowest BCUT2D eigenvalue weighted by Crippen LogP contribution is -1.87. The van der Waals surface area contributed by atoms with Gasteiger partial charge in [0.1, 0.15) is 5.82 Å². The van der Waals surface area contributed by atoms with Crippen molar-refractivity contribution in [2.75, 3.05) is 5.33 Å². The van der Waals surface area contributed by atoms with Gasteiger partial charge in [0.05, 0.1) is 0 Å². The predicted molar refractivity (Wildman–Crippen MR) is 59.2 cm³/mol. The molecule has 1 nitrogen and oxygen atoms in total. The maximum Gasteiger partial charge on any atom is 0.150 e. The van der Waals surface area contributed by atoms with Gasteiger partial charge in [-0.05, 0) is 30.2 Å². The summed E-state index contributed by atoms with van der Waals surface area (Å²) in [5, 5.41) is 0.856. The summed E-state index contributed by atoms with van der Waals surface area (Å²) in [7, 11) is 0. The van der Waals surface area contributed by atoms with Gasteiger partial charge in [0.25, 0.3) is 0 Å². The van der Waals surface area contributed by atoms with E-state index >= 15 is 0 Å². The highest BCUT2D eigenvalue weighted by atomic mass is 79.9. The van der Waals surface area contributed by atoms with Crippen molar-refractivity contribution in [3.05, 3.63) is 41.2 Å². The van der Waals surface area contributed by atoms with Gasteiger partial charge in [-0.25, -0.2) is 4.39 Å². The zero-order valence-corrected chi connectivity index (χ0v) is 9.13. The molecule has 3 heteroatoms. The van der Waals surface area contributed by atoms with Crippen LogP contribution in [0.1, 0.15) is 22.3 Å². The summed E-state index contributed by atoms with van der Waals surface area (Å²) in [6.07, 6.45) is 5.24. The van der Waals surface area contributed by atoms with E-state index in [1.165, 1.54) is 18.2 Å². The summed E-state index contributed by atoms with van der Waals surface area (Å²) in [6, 6.07) is 4.12. The predicted octanol–water partition coefficient (Wildman–Crippen LogP) is 3.44. The number of alkyl halides is 1. The molecule has 0 aliphatic carbocycles. The monoisotopic (exact) mass is 256 g/mol. The zero-order chi connectivity index (χ0) is 10.4. The number of rotatable bonds is 4. The van der Waals surface area contributed by atoms with Gasteiger partial charge in [-0.2, -0.15) is 0 Å². The van der Waals surface area contributed by atoms with Crippen LogP contribution in [0.15, 0.2) is 24.3 Å². The second kappa shape index (κ2) is 5.70. The standard InChI is InChI=1S/C11H10BrFO/c12-6-2-1-3-9-7-11(13)5-4-10(9)8-14/h1,3-5,7-8H,2,6H2. The molecule has 0 atom stereocenters. The van der Waals surface area contributed by atoms with E-state index in [-0.39, 0.29) is 5.82 Å². The molecule has 0 aliphatic heterocycles. The molecular formula is C11H10BrFO. The summed E-state index contributed by atoms with van der Waals surface area (Å²) in [4.78, 5) is 10.6. The van der Waals surface area contributed by atoms with Crippen LogP contribution in [-0.4, -0.2) is 11.6 Å². The van der Waals surface area contributed by atoms with Crippen LogP contribution in [0.3, 0.4) is 0 Å². The Bertz CT molecular complexity index is 347. The fraction of sp³-hybridized carbons (Fsp3) is 0.182. The van der Waals surface area contributed by atoms with E-state index in [1.807, 2.05) is 6.08 Å². The Kier molecular flexibility index (Phi) is 4.53. The van der Waals surface area contributed by atoms with E-state index in [0.717, 1.165) is 18.0 Å². The van der Waals surface area contributed by atoms with Crippen LogP contribution in [0.4, 0.5) is 4.39 Å². The van der Waals surface area contributed by atoms with Crippen LogP contribution in [0.2, 0.25) is 0 Å². The second-order valence-electron chi connectivity index (χ2n) is 2.77. The van der Waals surface area contributed by atoms with Crippen LogP contribution >= 0.6 is 15.9 Å². The minimum absolute atomic E-state index is 0.325. The minimum Gasteiger partial charge on any atom is -0.298 e. The highest BCUT2D eigenvalue weighted by Crippen LogP contribution is 2.11. The lowest BCUT2D eigenvalue weighted by atomic mass is 10.1. The molecule has 0 saturated carbocycles. The van der Waals surface area contributed by atoms with Gasteiger partial charge < -0.3 is 0 Å². The molecule has 1 rings (SSSR count). The molecule has 14 heavy (non-hydrogen) atoms. The Balaban J connectivity index is 2.92. The molecule has 0 radical (unpaired) electrons. The summed E-state index contributed by atoms with van der Waals surface area (Å²) in [5.74, 6) is -0.325. The quantitative estimate of drug-likeness (QED) is 0.596. The van der Waals surface area contributed by atoms with Gasteiger partial charge in [-0.1, -0.05) is 28.1 Å². The Morgan fingerprint density at radius 2 is 2.14 bits per heavy atom. The molecule has 1 aromatic rings. The van der Waals surface area contributed by atoms with Crippen LogP contribution in [-0.2, 0) is 0 Å². The van der Waals surface area contributed by atoms with Crippen molar-refractivity contribution in [2.24, 2.45) is 0 Å². The van der Waals surface area contributed by atoms with E-state index < -0.39 is 0 Å². The maximum absolute atomic E-state index is 12.8.